The quantitative estimate of drug-likeness (QED) is 0.775. The van der Waals surface area contributed by atoms with Crippen LogP contribution in [0.3, 0.4) is 0 Å². The van der Waals surface area contributed by atoms with Gasteiger partial charge in [-0.05, 0) is 41.8 Å². The minimum atomic E-state index is 0.154. The molecule has 0 spiro atoms. The van der Waals surface area contributed by atoms with E-state index in [-0.39, 0.29) is 6.04 Å². The van der Waals surface area contributed by atoms with E-state index in [4.69, 9.17) is 10.5 Å². The Labute approximate surface area is 108 Å². The zero-order chi connectivity index (χ0) is 12.5. The Hall–Kier alpha value is -1.54. The Morgan fingerprint density at radius 2 is 1.94 bits per heavy atom. The molecule has 0 aliphatic heterocycles. The van der Waals surface area contributed by atoms with Gasteiger partial charge in [-0.15, -0.1) is 0 Å². The molecule has 0 aromatic heterocycles. The lowest BCUT2D eigenvalue weighted by Gasteiger charge is -2.17. The van der Waals surface area contributed by atoms with Gasteiger partial charge in [-0.3, -0.25) is 0 Å². The number of benzene rings is 2. The van der Waals surface area contributed by atoms with Crippen LogP contribution >= 0.6 is 0 Å². The summed E-state index contributed by atoms with van der Waals surface area (Å²) in [5.41, 5.74) is 9.01. The lowest BCUT2D eigenvalue weighted by molar-refractivity contribution is 0.418. The fraction of sp³-hybridized carbons (Fsp3) is 0.375. The number of hydrogen-bond acceptors (Lipinski definition) is 2. The third-order valence-electron chi connectivity index (χ3n) is 3.96. The average molecular weight is 241 g/mol. The molecule has 0 heterocycles. The first kappa shape index (κ1) is 11.5. The van der Waals surface area contributed by atoms with Crippen molar-refractivity contribution < 1.29 is 4.74 Å². The number of nitrogens with two attached hydrogens (primary N) is 1. The highest BCUT2D eigenvalue weighted by Crippen LogP contribution is 2.37. The van der Waals surface area contributed by atoms with Gasteiger partial charge in [0.25, 0.3) is 0 Å². The summed E-state index contributed by atoms with van der Waals surface area (Å²) in [5, 5.41) is 2.51. The molecule has 2 aromatic carbocycles. The van der Waals surface area contributed by atoms with Crippen molar-refractivity contribution in [3.8, 4) is 5.75 Å². The summed E-state index contributed by atoms with van der Waals surface area (Å²) in [6, 6.07) is 10.8. The van der Waals surface area contributed by atoms with Crippen LogP contribution in [0.25, 0.3) is 10.8 Å². The van der Waals surface area contributed by atoms with Crippen molar-refractivity contribution >= 4 is 10.8 Å². The third kappa shape index (κ3) is 1.77. The van der Waals surface area contributed by atoms with Gasteiger partial charge in [0.05, 0.1) is 7.11 Å². The SMILES string of the molecule is COc1cc2c(c3ccccc13)CCCCC2N. The van der Waals surface area contributed by atoms with Gasteiger partial charge in [0, 0.05) is 11.4 Å². The predicted molar refractivity (Wildman–Crippen MR) is 75.0 cm³/mol. The van der Waals surface area contributed by atoms with Gasteiger partial charge >= 0.3 is 0 Å². The highest BCUT2D eigenvalue weighted by Gasteiger charge is 2.19. The summed E-state index contributed by atoms with van der Waals surface area (Å²) in [7, 11) is 1.73. The van der Waals surface area contributed by atoms with E-state index < -0.39 is 0 Å². The van der Waals surface area contributed by atoms with Crippen molar-refractivity contribution in [3.05, 3.63) is 41.5 Å². The monoisotopic (exact) mass is 241 g/mol. The number of ether oxygens (including phenoxy) is 1. The second-order valence-corrected chi connectivity index (χ2v) is 5.04. The summed E-state index contributed by atoms with van der Waals surface area (Å²) in [6.45, 7) is 0. The Bertz CT molecular complexity index is 577. The van der Waals surface area contributed by atoms with Gasteiger partial charge in [0.2, 0.25) is 0 Å². The molecular formula is C16H19NO. The molecule has 2 N–H and O–H groups in total. The molecule has 0 bridgehead atoms. The van der Waals surface area contributed by atoms with Crippen molar-refractivity contribution in [2.45, 2.75) is 31.7 Å². The van der Waals surface area contributed by atoms with Crippen molar-refractivity contribution in [1.82, 2.24) is 0 Å². The predicted octanol–water partition coefficient (Wildman–Crippen LogP) is 3.57. The number of hydrogen-bond donors (Lipinski definition) is 1. The van der Waals surface area contributed by atoms with E-state index in [9.17, 15) is 0 Å². The van der Waals surface area contributed by atoms with E-state index in [1.165, 1.54) is 34.7 Å². The van der Waals surface area contributed by atoms with Gasteiger partial charge in [0.15, 0.2) is 0 Å². The van der Waals surface area contributed by atoms with Gasteiger partial charge in [-0.25, -0.2) is 0 Å². The second kappa shape index (κ2) is 4.62. The fourth-order valence-corrected chi connectivity index (χ4v) is 3.02. The van der Waals surface area contributed by atoms with Crippen molar-refractivity contribution in [2.24, 2.45) is 5.73 Å². The molecule has 1 unspecified atom stereocenters. The van der Waals surface area contributed by atoms with Gasteiger partial charge in [-0.2, -0.15) is 0 Å². The highest BCUT2D eigenvalue weighted by molar-refractivity contribution is 5.92. The van der Waals surface area contributed by atoms with E-state index in [0.29, 0.717) is 0 Å². The molecular weight excluding hydrogens is 222 g/mol. The van der Waals surface area contributed by atoms with E-state index in [2.05, 4.69) is 30.3 Å². The molecule has 0 radical (unpaired) electrons. The second-order valence-electron chi connectivity index (χ2n) is 5.04. The van der Waals surface area contributed by atoms with Crippen molar-refractivity contribution in [3.63, 3.8) is 0 Å². The van der Waals surface area contributed by atoms with Crippen LogP contribution in [-0.4, -0.2) is 7.11 Å². The van der Waals surface area contributed by atoms with Gasteiger partial charge in [-0.1, -0.05) is 30.7 Å². The fourth-order valence-electron chi connectivity index (χ4n) is 3.02. The molecule has 0 saturated heterocycles. The molecule has 1 aliphatic rings. The van der Waals surface area contributed by atoms with Crippen molar-refractivity contribution in [1.29, 1.82) is 0 Å². The molecule has 2 aromatic rings. The lowest BCUT2D eigenvalue weighted by Crippen LogP contribution is -2.11. The number of aryl methyl sites for hydroxylation is 1. The molecule has 3 rings (SSSR count). The summed E-state index contributed by atoms with van der Waals surface area (Å²) >= 11 is 0. The maximum atomic E-state index is 6.31. The number of rotatable bonds is 1. The minimum absolute atomic E-state index is 0.154. The number of methoxy groups -OCH3 is 1. The van der Waals surface area contributed by atoms with Gasteiger partial charge < -0.3 is 10.5 Å². The Morgan fingerprint density at radius 1 is 1.17 bits per heavy atom. The molecule has 1 atom stereocenters. The summed E-state index contributed by atoms with van der Waals surface area (Å²) < 4.78 is 5.53. The minimum Gasteiger partial charge on any atom is -0.496 e. The molecule has 2 heteroatoms. The molecule has 0 saturated carbocycles. The Morgan fingerprint density at radius 3 is 2.72 bits per heavy atom. The summed E-state index contributed by atoms with van der Waals surface area (Å²) in [6.07, 6.45) is 4.66. The Balaban J connectivity index is 2.33. The molecule has 94 valence electrons. The molecule has 0 amide bonds. The van der Waals surface area contributed by atoms with E-state index in [0.717, 1.165) is 18.6 Å². The largest absolute Gasteiger partial charge is 0.496 e. The summed E-state index contributed by atoms with van der Waals surface area (Å²) in [4.78, 5) is 0. The van der Waals surface area contributed by atoms with E-state index in [1.54, 1.807) is 7.11 Å². The summed E-state index contributed by atoms with van der Waals surface area (Å²) in [5.74, 6) is 0.946. The van der Waals surface area contributed by atoms with E-state index >= 15 is 0 Å². The first-order valence-corrected chi connectivity index (χ1v) is 6.65. The van der Waals surface area contributed by atoms with Gasteiger partial charge in [0.1, 0.15) is 5.75 Å². The normalized spacial score (nSPS) is 19.3. The highest BCUT2D eigenvalue weighted by atomic mass is 16.5. The van der Waals surface area contributed by atoms with Crippen LogP contribution in [0.2, 0.25) is 0 Å². The Kier molecular flexibility index (Phi) is 2.96. The van der Waals surface area contributed by atoms with Crippen LogP contribution in [0.15, 0.2) is 30.3 Å². The zero-order valence-electron chi connectivity index (χ0n) is 10.8. The first-order valence-electron chi connectivity index (χ1n) is 6.65. The average Bonchev–Trinajstić information content (AvgIpc) is 2.60. The van der Waals surface area contributed by atoms with Crippen LogP contribution in [0.5, 0.6) is 5.75 Å². The third-order valence-corrected chi connectivity index (χ3v) is 3.96. The van der Waals surface area contributed by atoms with Crippen LogP contribution in [0.1, 0.15) is 36.4 Å². The molecule has 2 nitrogen and oxygen atoms in total. The van der Waals surface area contributed by atoms with Crippen LogP contribution < -0.4 is 10.5 Å². The smallest absolute Gasteiger partial charge is 0.127 e. The van der Waals surface area contributed by atoms with Crippen LogP contribution in [-0.2, 0) is 6.42 Å². The number of fused-ring (bicyclic) bond motifs is 3. The zero-order valence-corrected chi connectivity index (χ0v) is 10.8. The maximum Gasteiger partial charge on any atom is 0.127 e. The standard InChI is InChI=1S/C16H19NO/c1-18-16-10-14-12(7-4-5-9-15(14)17)11-6-2-3-8-13(11)16/h2-3,6,8,10,15H,4-5,7,9,17H2,1H3. The maximum absolute atomic E-state index is 6.31. The van der Waals surface area contributed by atoms with E-state index in [1.807, 2.05) is 0 Å². The topological polar surface area (TPSA) is 35.2 Å². The lowest BCUT2D eigenvalue weighted by atomic mass is 9.93. The molecule has 18 heavy (non-hydrogen) atoms. The van der Waals surface area contributed by atoms with Crippen molar-refractivity contribution in [2.75, 3.05) is 7.11 Å². The first-order chi connectivity index (χ1) is 8.81. The van der Waals surface area contributed by atoms with Crippen LogP contribution in [0.4, 0.5) is 0 Å². The molecule has 1 aliphatic carbocycles. The molecule has 0 fully saturated rings. The van der Waals surface area contributed by atoms with Crippen LogP contribution in [0, 0.1) is 0 Å².